The van der Waals surface area contributed by atoms with Crippen LogP contribution in [-0.2, 0) is 10.0 Å². The molecule has 0 aromatic heterocycles. The number of halogens is 2. The molecule has 0 saturated heterocycles. The Labute approximate surface area is 187 Å². The number of hydrogen-bond acceptors (Lipinski definition) is 5. The van der Waals surface area contributed by atoms with Crippen LogP contribution in [0.15, 0.2) is 81.2 Å². The van der Waals surface area contributed by atoms with E-state index >= 15 is 0 Å². The molecule has 0 spiro atoms. The van der Waals surface area contributed by atoms with Crippen LogP contribution in [0.1, 0.15) is 21.5 Å². The van der Waals surface area contributed by atoms with Crippen molar-refractivity contribution in [3.63, 3.8) is 0 Å². The van der Waals surface area contributed by atoms with Crippen LogP contribution in [0.4, 0.5) is 0 Å². The number of benzene rings is 3. The van der Waals surface area contributed by atoms with Crippen LogP contribution in [0.25, 0.3) is 0 Å². The van der Waals surface area contributed by atoms with Gasteiger partial charge in [-0.1, -0.05) is 45.7 Å². The average molecular weight is 508 g/mol. The summed E-state index contributed by atoms with van der Waals surface area (Å²) in [7, 11) is -3.87. The minimum Gasteiger partial charge on any atom is -0.422 e. The van der Waals surface area contributed by atoms with Gasteiger partial charge >= 0.3 is 5.97 Å². The fourth-order valence-corrected chi connectivity index (χ4v) is 3.80. The van der Waals surface area contributed by atoms with Gasteiger partial charge in [0, 0.05) is 15.1 Å². The lowest BCUT2D eigenvalue weighted by Gasteiger charge is -2.09. The summed E-state index contributed by atoms with van der Waals surface area (Å²) in [6.07, 6.45) is 1.26. The molecular formula is C21H16BrClN2O4S. The van der Waals surface area contributed by atoms with E-state index in [4.69, 9.17) is 16.3 Å². The van der Waals surface area contributed by atoms with E-state index in [1.54, 1.807) is 30.3 Å². The third-order valence-electron chi connectivity index (χ3n) is 4.04. The van der Waals surface area contributed by atoms with Crippen LogP contribution >= 0.6 is 27.5 Å². The number of carbonyl (C=O) groups excluding carboxylic acids is 1. The molecular weight excluding hydrogens is 492 g/mol. The van der Waals surface area contributed by atoms with E-state index in [1.165, 1.54) is 30.5 Å². The maximum absolute atomic E-state index is 12.5. The number of hydrogen-bond donors (Lipinski definition) is 1. The molecule has 0 radical (unpaired) electrons. The molecule has 1 N–H and O–H groups in total. The second-order valence-corrected chi connectivity index (χ2v) is 9.21. The standard InChI is InChI=1S/C21H16BrClN2O4S/c1-14-4-2-3-5-19(14)21(26)29-20-11-6-16(22)12-15(20)13-24-25-30(27,28)18-9-7-17(23)8-10-18/h2-13,25H,1H3/b24-13+. The lowest BCUT2D eigenvalue weighted by atomic mass is 10.1. The molecule has 3 aromatic rings. The molecule has 0 fully saturated rings. The second-order valence-electron chi connectivity index (χ2n) is 6.19. The second kappa shape index (κ2) is 9.42. The summed E-state index contributed by atoms with van der Waals surface area (Å²) < 4.78 is 30.9. The smallest absolute Gasteiger partial charge is 0.343 e. The van der Waals surface area contributed by atoms with E-state index in [9.17, 15) is 13.2 Å². The van der Waals surface area contributed by atoms with Gasteiger partial charge in [-0.25, -0.2) is 9.63 Å². The van der Waals surface area contributed by atoms with Gasteiger partial charge in [0.05, 0.1) is 16.7 Å². The molecule has 0 atom stereocenters. The average Bonchev–Trinajstić information content (AvgIpc) is 2.70. The molecule has 154 valence electrons. The monoisotopic (exact) mass is 506 g/mol. The number of hydrazone groups is 1. The zero-order chi connectivity index (χ0) is 21.7. The van der Waals surface area contributed by atoms with Crippen LogP contribution in [0.2, 0.25) is 5.02 Å². The van der Waals surface area contributed by atoms with E-state index < -0.39 is 16.0 Å². The lowest BCUT2D eigenvalue weighted by Crippen LogP contribution is -2.18. The van der Waals surface area contributed by atoms with Gasteiger partial charge in [0.25, 0.3) is 10.0 Å². The summed E-state index contributed by atoms with van der Waals surface area (Å²) in [6.45, 7) is 1.81. The van der Waals surface area contributed by atoms with Crippen LogP contribution in [0.5, 0.6) is 5.75 Å². The predicted octanol–water partition coefficient (Wildman–Crippen LogP) is 4.94. The zero-order valence-electron chi connectivity index (χ0n) is 15.7. The Kier molecular flexibility index (Phi) is 6.91. The molecule has 0 heterocycles. The molecule has 30 heavy (non-hydrogen) atoms. The largest absolute Gasteiger partial charge is 0.422 e. The van der Waals surface area contributed by atoms with Gasteiger partial charge in [0.2, 0.25) is 0 Å². The topological polar surface area (TPSA) is 84.8 Å². The Morgan fingerprint density at radius 2 is 1.80 bits per heavy atom. The maximum Gasteiger partial charge on any atom is 0.343 e. The lowest BCUT2D eigenvalue weighted by molar-refractivity contribution is 0.0733. The van der Waals surface area contributed by atoms with Crippen molar-refractivity contribution in [1.29, 1.82) is 0 Å². The van der Waals surface area contributed by atoms with Crippen LogP contribution < -0.4 is 9.57 Å². The van der Waals surface area contributed by atoms with Gasteiger partial charge in [0.15, 0.2) is 0 Å². The molecule has 3 aromatic carbocycles. The van der Waals surface area contributed by atoms with Gasteiger partial charge in [0.1, 0.15) is 5.75 Å². The number of nitrogens with one attached hydrogen (secondary N) is 1. The minimum atomic E-state index is -3.87. The Hall–Kier alpha value is -2.68. The van der Waals surface area contributed by atoms with E-state index in [2.05, 4.69) is 25.9 Å². The van der Waals surface area contributed by atoms with Crippen molar-refractivity contribution in [1.82, 2.24) is 4.83 Å². The highest BCUT2D eigenvalue weighted by Crippen LogP contribution is 2.23. The van der Waals surface area contributed by atoms with Crippen molar-refractivity contribution in [2.24, 2.45) is 5.10 Å². The molecule has 0 aliphatic heterocycles. The van der Waals surface area contributed by atoms with Gasteiger partial charge in [-0.2, -0.15) is 13.5 Å². The SMILES string of the molecule is Cc1ccccc1C(=O)Oc1ccc(Br)cc1/C=N/NS(=O)(=O)c1ccc(Cl)cc1. The molecule has 9 heteroatoms. The first-order chi connectivity index (χ1) is 14.3. The van der Waals surface area contributed by atoms with Crippen molar-refractivity contribution in [2.45, 2.75) is 11.8 Å². The van der Waals surface area contributed by atoms with Crippen molar-refractivity contribution in [2.75, 3.05) is 0 Å². The predicted molar refractivity (Wildman–Crippen MR) is 120 cm³/mol. The highest BCUT2D eigenvalue weighted by Gasteiger charge is 2.15. The fourth-order valence-electron chi connectivity index (χ4n) is 2.50. The van der Waals surface area contributed by atoms with Crippen molar-refractivity contribution in [3.05, 3.63) is 92.9 Å². The summed E-state index contributed by atoms with van der Waals surface area (Å²) in [5.74, 6) is -0.285. The van der Waals surface area contributed by atoms with Crippen LogP contribution in [0.3, 0.4) is 0 Å². The number of ether oxygens (including phenoxy) is 1. The summed E-state index contributed by atoms with van der Waals surface area (Å²) in [5.41, 5.74) is 1.63. The summed E-state index contributed by atoms with van der Waals surface area (Å²) >= 11 is 9.12. The first-order valence-corrected chi connectivity index (χ1v) is 11.3. The van der Waals surface area contributed by atoms with Gasteiger partial charge in [-0.15, -0.1) is 0 Å². The van der Waals surface area contributed by atoms with Crippen molar-refractivity contribution in [3.8, 4) is 5.75 Å². The molecule has 0 bridgehead atoms. The Morgan fingerprint density at radius 3 is 2.50 bits per heavy atom. The molecule has 6 nitrogen and oxygen atoms in total. The summed E-state index contributed by atoms with van der Waals surface area (Å²) in [4.78, 5) is 14.7. The van der Waals surface area contributed by atoms with Gasteiger partial charge in [-0.05, 0) is 61.0 Å². The summed E-state index contributed by atoms with van der Waals surface area (Å²) in [6, 6.07) is 17.7. The molecule has 0 unspecified atom stereocenters. The third-order valence-corrected chi connectivity index (χ3v) is 6.02. The molecule has 3 rings (SSSR count). The molecule has 0 saturated carbocycles. The highest BCUT2D eigenvalue weighted by molar-refractivity contribution is 9.10. The Balaban J connectivity index is 1.81. The maximum atomic E-state index is 12.5. The number of nitrogens with zero attached hydrogens (tertiary/aromatic N) is 1. The van der Waals surface area contributed by atoms with E-state index in [0.29, 0.717) is 20.6 Å². The van der Waals surface area contributed by atoms with Crippen LogP contribution in [0, 0.1) is 6.92 Å². The van der Waals surface area contributed by atoms with E-state index in [-0.39, 0.29) is 10.6 Å². The third kappa shape index (κ3) is 5.47. The normalized spacial score (nSPS) is 11.4. The van der Waals surface area contributed by atoms with Gasteiger partial charge in [-0.3, -0.25) is 0 Å². The first kappa shape index (κ1) is 22.0. The van der Waals surface area contributed by atoms with Crippen molar-refractivity contribution < 1.29 is 17.9 Å². The zero-order valence-corrected chi connectivity index (χ0v) is 18.8. The Bertz CT molecular complexity index is 1210. The number of rotatable bonds is 6. The minimum absolute atomic E-state index is 0.0181. The number of carbonyl (C=O) groups is 1. The number of aryl methyl sites for hydroxylation is 1. The highest BCUT2D eigenvalue weighted by atomic mass is 79.9. The summed E-state index contributed by atoms with van der Waals surface area (Å²) in [5, 5.41) is 4.23. The molecule has 0 amide bonds. The molecule has 0 aliphatic rings. The van der Waals surface area contributed by atoms with Crippen molar-refractivity contribution >= 4 is 49.7 Å². The first-order valence-electron chi connectivity index (χ1n) is 8.64. The molecule has 0 aliphatic carbocycles. The quantitative estimate of drug-likeness (QED) is 0.222. The van der Waals surface area contributed by atoms with Gasteiger partial charge < -0.3 is 4.74 Å². The fraction of sp³-hybridized carbons (Fsp3) is 0.0476. The number of sulfonamides is 1. The van der Waals surface area contributed by atoms with Crippen LogP contribution in [-0.4, -0.2) is 20.6 Å². The Morgan fingerprint density at radius 1 is 1.10 bits per heavy atom. The number of esters is 1. The van der Waals surface area contributed by atoms with E-state index in [0.717, 1.165) is 5.56 Å². The van der Waals surface area contributed by atoms with E-state index in [1.807, 2.05) is 19.1 Å².